The molecule has 1 aliphatic heterocycles. The summed E-state index contributed by atoms with van der Waals surface area (Å²) in [7, 11) is -3.95. The second-order valence-electron chi connectivity index (χ2n) is 5.84. The van der Waals surface area contributed by atoms with Crippen LogP contribution >= 0.6 is 15.9 Å². The van der Waals surface area contributed by atoms with Crippen LogP contribution in [-0.2, 0) is 10.0 Å². The van der Waals surface area contributed by atoms with Gasteiger partial charge in [0.25, 0.3) is 21.8 Å². The van der Waals surface area contributed by atoms with Crippen molar-refractivity contribution in [3.05, 3.63) is 51.9 Å². The number of carbonyl (C=O) groups excluding carboxylic acids is 2. The van der Waals surface area contributed by atoms with Crippen LogP contribution in [-0.4, -0.2) is 55.6 Å². The third-order valence-electron chi connectivity index (χ3n) is 4.05. The number of hydrogen-bond acceptors (Lipinski definition) is 5. The van der Waals surface area contributed by atoms with Gasteiger partial charge in [-0.1, -0.05) is 15.9 Å². The molecule has 2 aromatic rings. The van der Waals surface area contributed by atoms with Gasteiger partial charge in [0.05, 0.1) is 0 Å². The maximum Gasteiger partial charge on any atom is 0.284 e. The predicted octanol–water partition coefficient (Wildman–Crippen LogP) is 1.43. The Morgan fingerprint density at radius 1 is 1.11 bits per heavy atom. The summed E-state index contributed by atoms with van der Waals surface area (Å²) in [5.41, 5.74) is 5.24. The Morgan fingerprint density at radius 3 is 2.33 bits per heavy atom. The standard InChI is InChI=1S/C16H15BrFN3O5S/c17-11-7-10(8-12(18)9-11)16(23)20-3-5-21(6-4-20)27(24,25)14-2-1-13(26-14)15(19)22/h1-2,7-9H,3-6H2,(H2,19,22). The quantitative estimate of drug-likeness (QED) is 0.742. The van der Waals surface area contributed by atoms with Gasteiger partial charge in [-0.25, -0.2) is 12.8 Å². The number of halogens is 2. The molecule has 0 unspecified atom stereocenters. The van der Waals surface area contributed by atoms with Crippen molar-refractivity contribution < 1.29 is 26.8 Å². The highest BCUT2D eigenvalue weighted by atomic mass is 79.9. The van der Waals surface area contributed by atoms with E-state index in [1.165, 1.54) is 23.1 Å². The van der Waals surface area contributed by atoms with Crippen LogP contribution < -0.4 is 5.73 Å². The molecule has 1 aromatic carbocycles. The molecule has 3 rings (SSSR count). The van der Waals surface area contributed by atoms with Gasteiger partial charge in [0.15, 0.2) is 5.76 Å². The van der Waals surface area contributed by atoms with Gasteiger partial charge in [-0.05, 0) is 30.3 Å². The highest BCUT2D eigenvalue weighted by molar-refractivity contribution is 9.10. The number of benzene rings is 1. The molecule has 1 aromatic heterocycles. The summed E-state index contributed by atoms with van der Waals surface area (Å²) in [6, 6.07) is 6.23. The van der Waals surface area contributed by atoms with Crippen molar-refractivity contribution in [1.29, 1.82) is 0 Å². The zero-order valence-electron chi connectivity index (χ0n) is 13.9. The number of primary amides is 1. The summed E-state index contributed by atoms with van der Waals surface area (Å²) in [4.78, 5) is 25.0. The van der Waals surface area contributed by atoms with E-state index in [0.717, 1.165) is 16.4 Å². The number of piperazine rings is 1. The predicted molar refractivity (Wildman–Crippen MR) is 96.0 cm³/mol. The average Bonchev–Trinajstić information content (AvgIpc) is 3.11. The van der Waals surface area contributed by atoms with Gasteiger partial charge < -0.3 is 15.1 Å². The van der Waals surface area contributed by atoms with Crippen LogP contribution in [0.4, 0.5) is 4.39 Å². The van der Waals surface area contributed by atoms with Crippen molar-refractivity contribution in [3.8, 4) is 0 Å². The minimum absolute atomic E-state index is 0.0389. The van der Waals surface area contributed by atoms with E-state index < -0.39 is 21.7 Å². The topological polar surface area (TPSA) is 114 Å². The Bertz CT molecular complexity index is 979. The molecule has 0 saturated carbocycles. The maximum absolute atomic E-state index is 13.5. The molecule has 0 spiro atoms. The minimum Gasteiger partial charge on any atom is -0.438 e. The highest BCUT2D eigenvalue weighted by Gasteiger charge is 2.33. The van der Waals surface area contributed by atoms with Crippen molar-refractivity contribution in [2.24, 2.45) is 5.73 Å². The average molecular weight is 460 g/mol. The van der Waals surface area contributed by atoms with Crippen molar-refractivity contribution in [1.82, 2.24) is 9.21 Å². The molecular weight excluding hydrogens is 445 g/mol. The van der Waals surface area contributed by atoms with Gasteiger partial charge >= 0.3 is 0 Å². The van der Waals surface area contributed by atoms with Crippen molar-refractivity contribution in [2.45, 2.75) is 5.09 Å². The number of sulfonamides is 1. The summed E-state index contributed by atoms with van der Waals surface area (Å²) in [5.74, 6) is -2.05. The summed E-state index contributed by atoms with van der Waals surface area (Å²) in [6.45, 7) is 0.347. The molecule has 2 heterocycles. The Balaban J connectivity index is 1.70. The number of rotatable bonds is 4. The molecule has 27 heavy (non-hydrogen) atoms. The molecule has 11 heteroatoms. The van der Waals surface area contributed by atoms with Gasteiger partial charge in [0.1, 0.15) is 5.82 Å². The minimum atomic E-state index is -3.95. The van der Waals surface area contributed by atoms with E-state index in [0.29, 0.717) is 4.47 Å². The zero-order chi connectivity index (χ0) is 19.8. The fraction of sp³-hybridized carbons (Fsp3) is 0.250. The smallest absolute Gasteiger partial charge is 0.284 e. The molecule has 1 saturated heterocycles. The molecule has 0 atom stereocenters. The summed E-state index contributed by atoms with van der Waals surface area (Å²) in [6.07, 6.45) is 0. The molecule has 2 N–H and O–H groups in total. The largest absolute Gasteiger partial charge is 0.438 e. The third kappa shape index (κ3) is 4.04. The molecule has 0 radical (unpaired) electrons. The third-order valence-corrected chi connectivity index (χ3v) is 6.28. The van der Waals surface area contributed by atoms with Crippen LogP contribution in [0.5, 0.6) is 0 Å². The van der Waals surface area contributed by atoms with Crippen LogP contribution in [0.25, 0.3) is 0 Å². The number of nitrogens with two attached hydrogens (primary N) is 1. The normalized spacial score (nSPS) is 15.7. The van der Waals surface area contributed by atoms with Crippen molar-refractivity contribution in [3.63, 3.8) is 0 Å². The number of amides is 2. The fourth-order valence-corrected chi connectivity index (χ4v) is 4.51. The SMILES string of the molecule is NC(=O)c1ccc(S(=O)(=O)N2CCN(C(=O)c3cc(F)cc(Br)c3)CC2)o1. The Morgan fingerprint density at radius 2 is 1.78 bits per heavy atom. The van der Waals surface area contributed by atoms with E-state index in [4.69, 9.17) is 10.2 Å². The molecule has 144 valence electrons. The zero-order valence-corrected chi connectivity index (χ0v) is 16.3. The molecule has 0 bridgehead atoms. The van der Waals surface area contributed by atoms with E-state index >= 15 is 0 Å². The maximum atomic E-state index is 13.5. The first-order valence-corrected chi connectivity index (χ1v) is 10.1. The summed E-state index contributed by atoms with van der Waals surface area (Å²) >= 11 is 3.14. The van der Waals surface area contributed by atoms with Gasteiger partial charge in [0.2, 0.25) is 5.09 Å². The molecule has 0 aliphatic carbocycles. The van der Waals surface area contributed by atoms with E-state index in [1.807, 2.05) is 0 Å². The van der Waals surface area contributed by atoms with E-state index in [9.17, 15) is 22.4 Å². The van der Waals surface area contributed by atoms with Crippen LogP contribution in [0, 0.1) is 5.82 Å². The molecule has 1 aliphatic rings. The summed E-state index contributed by atoms with van der Waals surface area (Å²) in [5, 5.41) is -0.384. The number of carbonyl (C=O) groups is 2. The van der Waals surface area contributed by atoms with Crippen LogP contribution in [0.15, 0.2) is 44.3 Å². The van der Waals surface area contributed by atoms with Crippen LogP contribution in [0.2, 0.25) is 0 Å². The van der Waals surface area contributed by atoms with Gasteiger partial charge in [-0.15, -0.1) is 0 Å². The fourth-order valence-electron chi connectivity index (χ4n) is 2.71. The second-order valence-corrected chi connectivity index (χ2v) is 8.62. The van der Waals surface area contributed by atoms with Gasteiger partial charge in [-0.2, -0.15) is 4.31 Å². The molecular formula is C16H15BrFN3O5S. The monoisotopic (exact) mass is 459 g/mol. The van der Waals surface area contributed by atoms with Gasteiger partial charge in [-0.3, -0.25) is 9.59 Å². The number of furan rings is 1. The molecule has 1 fully saturated rings. The second kappa shape index (κ2) is 7.41. The Kier molecular flexibility index (Phi) is 5.36. The summed E-state index contributed by atoms with van der Waals surface area (Å²) < 4.78 is 45.2. The highest BCUT2D eigenvalue weighted by Crippen LogP contribution is 2.22. The van der Waals surface area contributed by atoms with Crippen molar-refractivity contribution >= 4 is 37.8 Å². The van der Waals surface area contributed by atoms with Crippen LogP contribution in [0.1, 0.15) is 20.9 Å². The van der Waals surface area contributed by atoms with Crippen molar-refractivity contribution in [2.75, 3.05) is 26.2 Å². The van der Waals surface area contributed by atoms with E-state index in [-0.39, 0.29) is 48.5 Å². The molecule has 2 amide bonds. The lowest BCUT2D eigenvalue weighted by atomic mass is 10.2. The van der Waals surface area contributed by atoms with E-state index in [1.54, 1.807) is 0 Å². The first-order valence-electron chi connectivity index (χ1n) is 7.83. The molecule has 8 nitrogen and oxygen atoms in total. The first kappa shape index (κ1) is 19.5. The van der Waals surface area contributed by atoms with E-state index in [2.05, 4.69) is 15.9 Å². The van der Waals surface area contributed by atoms with Gasteiger partial charge in [0, 0.05) is 36.2 Å². The number of nitrogens with zero attached hydrogens (tertiary/aromatic N) is 2. The lowest BCUT2D eigenvalue weighted by Gasteiger charge is -2.33. The first-order chi connectivity index (χ1) is 12.7. The Labute approximate surface area is 162 Å². The Hall–Kier alpha value is -2.24. The lowest BCUT2D eigenvalue weighted by molar-refractivity contribution is 0.0696. The van der Waals surface area contributed by atoms with Crippen LogP contribution in [0.3, 0.4) is 0 Å². The lowest BCUT2D eigenvalue weighted by Crippen LogP contribution is -2.50. The number of hydrogen-bond donors (Lipinski definition) is 1.